The summed E-state index contributed by atoms with van der Waals surface area (Å²) >= 11 is 0. The monoisotopic (exact) mass is 434 g/mol. The summed E-state index contributed by atoms with van der Waals surface area (Å²) in [6.45, 7) is -0.465. The average Bonchev–Trinajstić information content (AvgIpc) is 3.52. The van der Waals surface area contributed by atoms with E-state index in [2.05, 4.69) is 5.10 Å². The van der Waals surface area contributed by atoms with Gasteiger partial charge in [0, 0.05) is 6.42 Å². The van der Waals surface area contributed by atoms with E-state index in [9.17, 15) is 9.59 Å². The topological polar surface area (TPSA) is 90.6 Å². The van der Waals surface area contributed by atoms with Gasteiger partial charge in [0.05, 0.1) is 26.2 Å². The van der Waals surface area contributed by atoms with Crippen molar-refractivity contribution in [3.63, 3.8) is 0 Å². The zero-order valence-corrected chi connectivity index (χ0v) is 17.7. The fourth-order valence-electron chi connectivity index (χ4n) is 3.49. The maximum Gasteiger partial charge on any atom is 0.342 e. The maximum atomic E-state index is 13.0. The van der Waals surface area contributed by atoms with Crippen LogP contribution in [-0.2, 0) is 9.53 Å². The Morgan fingerprint density at radius 1 is 1.03 bits per heavy atom. The molecule has 2 heterocycles. The molecule has 8 heteroatoms. The van der Waals surface area contributed by atoms with Crippen molar-refractivity contribution in [1.29, 1.82) is 0 Å². The summed E-state index contributed by atoms with van der Waals surface area (Å²) in [5.41, 5.74) is 1.83. The zero-order chi connectivity index (χ0) is 22.5. The van der Waals surface area contributed by atoms with Crippen molar-refractivity contribution in [2.24, 2.45) is 5.10 Å². The lowest BCUT2D eigenvalue weighted by Crippen LogP contribution is -2.31. The van der Waals surface area contributed by atoms with Crippen LogP contribution < -0.4 is 9.47 Å². The highest BCUT2D eigenvalue weighted by molar-refractivity contribution is 6.03. The number of carbonyl (C=O) groups excluding carboxylic acids is 2. The Balaban J connectivity index is 1.52. The highest BCUT2D eigenvalue weighted by Gasteiger charge is 2.35. The van der Waals surface area contributed by atoms with E-state index in [-0.39, 0.29) is 5.56 Å². The number of hydrazone groups is 1. The van der Waals surface area contributed by atoms with Crippen LogP contribution in [0, 0.1) is 0 Å². The molecule has 0 bridgehead atoms. The van der Waals surface area contributed by atoms with Crippen molar-refractivity contribution in [2.45, 2.75) is 12.5 Å². The number of methoxy groups -OCH3 is 2. The molecule has 8 nitrogen and oxygen atoms in total. The van der Waals surface area contributed by atoms with E-state index >= 15 is 0 Å². The molecule has 0 saturated heterocycles. The fraction of sp³-hybridized carbons (Fsp3) is 0.208. The molecule has 32 heavy (non-hydrogen) atoms. The van der Waals surface area contributed by atoms with Crippen LogP contribution in [0.4, 0.5) is 0 Å². The minimum atomic E-state index is -0.649. The molecule has 1 unspecified atom stereocenters. The van der Waals surface area contributed by atoms with Crippen molar-refractivity contribution in [2.75, 3.05) is 20.8 Å². The summed E-state index contributed by atoms with van der Waals surface area (Å²) in [5.74, 6) is 0.592. The molecular weight excluding hydrogens is 412 g/mol. The van der Waals surface area contributed by atoms with Crippen molar-refractivity contribution in [1.82, 2.24) is 5.01 Å². The van der Waals surface area contributed by atoms with Crippen LogP contribution in [-0.4, -0.2) is 43.4 Å². The van der Waals surface area contributed by atoms with Gasteiger partial charge in [-0.1, -0.05) is 12.1 Å². The number of benzene rings is 2. The van der Waals surface area contributed by atoms with Crippen molar-refractivity contribution in [3.05, 3.63) is 83.8 Å². The lowest BCUT2D eigenvalue weighted by molar-refractivity contribution is -0.136. The van der Waals surface area contributed by atoms with E-state index in [1.165, 1.54) is 12.1 Å². The number of rotatable bonds is 7. The average molecular weight is 434 g/mol. The standard InChI is InChI=1S/C24H22N2O6/c1-29-17-11-9-16(10-12-17)19-14-20(22-8-5-13-31-22)26(25-19)23(27)15-32-24(28)18-6-3-4-7-21(18)30-2/h3-13,20H,14-15H2,1-2H3. The van der Waals surface area contributed by atoms with Crippen molar-refractivity contribution < 1.29 is 28.2 Å². The van der Waals surface area contributed by atoms with Gasteiger partial charge in [-0.25, -0.2) is 9.80 Å². The summed E-state index contributed by atoms with van der Waals surface area (Å²) in [6.07, 6.45) is 2.01. The molecule has 0 radical (unpaired) electrons. The first-order valence-electron chi connectivity index (χ1n) is 9.98. The minimum absolute atomic E-state index is 0.245. The van der Waals surface area contributed by atoms with Gasteiger partial charge >= 0.3 is 5.97 Å². The summed E-state index contributed by atoms with van der Waals surface area (Å²) in [6, 6.07) is 17.2. The number of hydrogen-bond acceptors (Lipinski definition) is 7. The molecule has 1 aliphatic heterocycles. The molecule has 1 amide bonds. The second kappa shape index (κ2) is 9.38. The molecule has 3 aromatic rings. The molecule has 164 valence electrons. The van der Waals surface area contributed by atoms with E-state index < -0.39 is 24.5 Å². The number of esters is 1. The van der Waals surface area contributed by atoms with Gasteiger partial charge < -0.3 is 18.6 Å². The second-order valence-electron chi connectivity index (χ2n) is 7.03. The third-order valence-electron chi connectivity index (χ3n) is 5.11. The first-order valence-corrected chi connectivity index (χ1v) is 9.98. The van der Waals surface area contributed by atoms with Gasteiger partial charge in [-0.05, 0) is 54.1 Å². The molecule has 1 aliphatic rings. The first-order chi connectivity index (χ1) is 15.6. The van der Waals surface area contributed by atoms with Crippen LogP contribution >= 0.6 is 0 Å². The molecule has 1 atom stereocenters. The number of amides is 1. The molecule has 0 N–H and O–H groups in total. The van der Waals surface area contributed by atoms with E-state index in [4.69, 9.17) is 18.6 Å². The van der Waals surface area contributed by atoms with Crippen molar-refractivity contribution >= 4 is 17.6 Å². The minimum Gasteiger partial charge on any atom is -0.497 e. The molecule has 0 spiro atoms. The predicted molar refractivity (Wildman–Crippen MR) is 116 cm³/mol. The number of carbonyl (C=O) groups is 2. The molecule has 0 fully saturated rings. The third kappa shape index (κ3) is 4.34. The van der Waals surface area contributed by atoms with Crippen LogP contribution in [0.3, 0.4) is 0 Å². The summed E-state index contributed by atoms with van der Waals surface area (Å²) < 4.78 is 21.2. The normalized spacial score (nSPS) is 15.2. The number of hydrogen-bond donors (Lipinski definition) is 0. The molecule has 2 aromatic carbocycles. The number of ether oxygens (including phenoxy) is 3. The summed E-state index contributed by atoms with van der Waals surface area (Å²) in [4.78, 5) is 25.4. The molecular formula is C24H22N2O6. The van der Waals surface area contributed by atoms with E-state index in [0.29, 0.717) is 17.9 Å². The van der Waals surface area contributed by atoms with E-state index in [1.54, 1.807) is 49.8 Å². The third-order valence-corrected chi connectivity index (χ3v) is 5.11. The number of para-hydroxylation sites is 1. The Bertz CT molecular complexity index is 1120. The molecule has 0 saturated carbocycles. The van der Waals surface area contributed by atoms with Gasteiger partial charge in [0.25, 0.3) is 5.91 Å². The van der Waals surface area contributed by atoms with Crippen LogP contribution in [0.15, 0.2) is 76.4 Å². The van der Waals surface area contributed by atoms with Gasteiger partial charge in [0.2, 0.25) is 0 Å². The predicted octanol–water partition coefficient (Wildman–Crippen LogP) is 3.83. The Labute approximate surface area is 185 Å². The SMILES string of the molecule is COc1ccc(C2=NN(C(=O)COC(=O)c3ccccc3OC)C(c3ccco3)C2)cc1. The summed E-state index contributed by atoms with van der Waals surface area (Å²) in [7, 11) is 3.06. The quantitative estimate of drug-likeness (QED) is 0.525. The van der Waals surface area contributed by atoms with E-state index in [1.807, 2.05) is 24.3 Å². The van der Waals surface area contributed by atoms with Gasteiger partial charge in [0.15, 0.2) is 6.61 Å². The Morgan fingerprint density at radius 2 is 1.81 bits per heavy atom. The van der Waals surface area contributed by atoms with Gasteiger partial charge in [-0.2, -0.15) is 5.10 Å². The largest absolute Gasteiger partial charge is 0.497 e. The number of furan rings is 1. The fourth-order valence-corrected chi connectivity index (χ4v) is 3.49. The van der Waals surface area contributed by atoms with Gasteiger partial charge in [-0.15, -0.1) is 0 Å². The highest BCUT2D eigenvalue weighted by Crippen LogP contribution is 2.33. The van der Waals surface area contributed by atoms with Crippen LogP contribution in [0.2, 0.25) is 0 Å². The first kappa shape index (κ1) is 21.2. The lowest BCUT2D eigenvalue weighted by atomic mass is 10.0. The zero-order valence-electron chi connectivity index (χ0n) is 17.7. The second-order valence-corrected chi connectivity index (χ2v) is 7.03. The van der Waals surface area contributed by atoms with E-state index in [0.717, 1.165) is 17.0 Å². The van der Waals surface area contributed by atoms with Crippen LogP contribution in [0.5, 0.6) is 11.5 Å². The Morgan fingerprint density at radius 3 is 2.50 bits per heavy atom. The van der Waals surface area contributed by atoms with Crippen LogP contribution in [0.1, 0.15) is 34.1 Å². The van der Waals surface area contributed by atoms with Gasteiger partial charge in [-0.3, -0.25) is 4.79 Å². The molecule has 4 rings (SSSR count). The maximum absolute atomic E-state index is 13.0. The molecule has 1 aromatic heterocycles. The Kier molecular flexibility index (Phi) is 6.21. The smallest absolute Gasteiger partial charge is 0.342 e. The highest BCUT2D eigenvalue weighted by atomic mass is 16.5. The molecule has 0 aliphatic carbocycles. The van der Waals surface area contributed by atoms with Gasteiger partial charge in [0.1, 0.15) is 28.9 Å². The van der Waals surface area contributed by atoms with Crippen LogP contribution in [0.25, 0.3) is 0 Å². The lowest BCUT2D eigenvalue weighted by Gasteiger charge is -2.19. The summed E-state index contributed by atoms with van der Waals surface area (Å²) in [5, 5.41) is 5.83. The Hall–Kier alpha value is -4.07. The number of nitrogens with zero attached hydrogens (tertiary/aromatic N) is 2. The van der Waals surface area contributed by atoms with Crippen molar-refractivity contribution in [3.8, 4) is 11.5 Å².